The zero-order valence-electron chi connectivity index (χ0n) is 4.76. The van der Waals surface area contributed by atoms with E-state index in [2.05, 4.69) is 4.99 Å². The minimum absolute atomic E-state index is 0.784. The zero-order chi connectivity index (χ0) is 6.41. The van der Waals surface area contributed by atoms with Gasteiger partial charge in [-0.15, -0.1) is 0 Å². The van der Waals surface area contributed by atoms with E-state index in [9.17, 15) is 0 Å². The molecule has 0 aromatic heterocycles. The summed E-state index contributed by atoms with van der Waals surface area (Å²) in [4.78, 5) is 3.58. The molecule has 0 radical (unpaired) electrons. The van der Waals surface area contributed by atoms with Gasteiger partial charge < -0.3 is 11.1 Å². The van der Waals surface area contributed by atoms with E-state index in [-0.39, 0.29) is 0 Å². The summed E-state index contributed by atoms with van der Waals surface area (Å²) in [7, 11) is 0. The molecule has 0 aromatic carbocycles. The molecule has 44 valence electrons. The molecule has 0 aliphatic carbocycles. The fourth-order valence-corrected chi connectivity index (χ4v) is 0.198. The molecule has 8 heavy (non-hydrogen) atoms. The van der Waals surface area contributed by atoms with Crippen LogP contribution >= 0.6 is 0 Å². The summed E-state index contributed by atoms with van der Waals surface area (Å²) in [6.07, 6.45) is 3.92. The second-order valence-corrected chi connectivity index (χ2v) is 1.32. The fourth-order valence-electron chi connectivity index (χ4n) is 0.198. The first kappa shape index (κ1) is 6.88. The van der Waals surface area contributed by atoms with Crippen molar-refractivity contribution in [1.29, 1.82) is 5.41 Å². The van der Waals surface area contributed by atoms with E-state index in [0.29, 0.717) is 0 Å². The lowest BCUT2D eigenvalue weighted by atomic mass is 10.4. The number of allylic oxidation sites excluding steroid dienone is 1. The van der Waals surface area contributed by atoms with Crippen molar-refractivity contribution < 1.29 is 0 Å². The smallest absolute Gasteiger partial charge is 0.0852 e. The van der Waals surface area contributed by atoms with Crippen molar-refractivity contribution in [1.82, 2.24) is 0 Å². The van der Waals surface area contributed by atoms with Crippen LogP contribution in [0.5, 0.6) is 0 Å². The van der Waals surface area contributed by atoms with Crippen LogP contribution in [0.25, 0.3) is 0 Å². The number of aliphatic imine (C=N–C) groups is 1. The topological polar surface area (TPSA) is 62.2 Å². The first-order chi connectivity index (χ1) is 3.81. The third kappa shape index (κ3) is 3.08. The van der Waals surface area contributed by atoms with Gasteiger partial charge in [0.15, 0.2) is 0 Å². The van der Waals surface area contributed by atoms with Crippen LogP contribution in [0.1, 0.15) is 6.92 Å². The Balaban J connectivity index is 3.74. The lowest BCUT2D eigenvalue weighted by Crippen LogP contribution is -1.86. The molecule has 3 nitrogen and oxygen atoms in total. The normalized spacial score (nSPS) is 12.4. The van der Waals surface area contributed by atoms with Crippen LogP contribution in [0.2, 0.25) is 0 Å². The van der Waals surface area contributed by atoms with Crippen LogP contribution in [-0.4, -0.2) is 12.6 Å². The van der Waals surface area contributed by atoms with E-state index >= 15 is 0 Å². The Morgan fingerprint density at radius 3 is 2.75 bits per heavy atom. The Kier molecular flexibility index (Phi) is 3.48. The lowest BCUT2D eigenvalue weighted by molar-refractivity contribution is 1.44. The average molecular weight is 111 g/mol. The number of nitrogens with two attached hydrogens (primary N) is 1. The highest BCUT2D eigenvalue weighted by atomic mass is 14.8. The van der Waals surface area contributed by atoms with E-state index in [0.717, 1.165) is 5.57 Å². The van der Waals surface area contributed by atoms with E-state index in [1.807, 2.05) is 0 Å². The zero-order valence-corrected chi connectivity index (χ0v) is 4.76. The molecule has 0 amide bonds. The third-order valence-electron chi connectivity index (χ3n) is 0.592. The highest BCUT2D eigenvalue weighted by Gasteiger charge is 1.73. The molecule has 0 heterocycles. The van der Waals surface area contributed by atoms with Crippen molar-refractivity contribution in [3.8, 4) is 0 Å². The van der Waals surface area contributed by atoms with Gasteiger partial charge in [-0.3, -0.25) is 0 Å². The van der Waals surface area contributed by atoms with Crippen molar-refractivity contribution in [2.75, 3.05) is 0 Å². The number of nitrogens with one attached hydrogen (secondary N) is 1. The maximum absolute atomic E-state index is 6.68. The van der Waals surface area contributed by atoms with Crippen molar-refractivity contribution in [2.45, 2.75) is 6.92 Å². The first-order valence-corrected chi connectivity index (χ1v) is 2.22. The van der Waals surface area contributed by atoms with Gasteiger partial charge in [-0.1, -0.05) is 0 Å². The van der Waals surface area contributed by atoms with Gasteiger partial charge in [-0.2, -0.15) is 0 Å². The summed E-state index contributed by atoms with van der Waals surface area (Å²) in [5.41, 5.74) is 5.70. The Morgan fingerprint density at radius 2 is 2.38 bits per heavy atom. The summed E-state index contributed by atoms with van der Waals surface area (Å²) in [5, 5.41) is 6.68. The summed E-state index contributed by atoms with van der Waals surface area (Å²) in [6.45, 7) is 1.78. The standard InChI is InChI=1S/C5H9N3/c1-5(2-6)3-8-4-7/h2-4,6H,1H3,(H2,7,8)/b5-3-,6-2?. The monoisotopic (exact) mass is 111 g/mol. The summed E-state index contributed by atoms with van der Waals surface area (Å²) in [6, 6.07) is 0. The van der Waals surface area contributed by atoms with Gasteiger partial charge in [-0.05, 0) is 12.5 Å². The molecule has 0 unspecified atom stereocenters. The molecule has 0 rings (SSSR count). The number of hydrogen-bond acceptors (Lipinski definition) is 2. The maximum Gasteiger partial charge on any atom is 0.0852 e. The van der Waals surface area contributed by atoms with Gasteiger partial charge >= 0.3 is 0 Å². The van der Waals surface area contributed by atoms with Crippen LogP contribution in [0.3, 0.4) is 0 Å². The highest BCUT2D eigenvalue weighted by molar-refractivity contribution is 5.74. The van der Waals surface area contributed by atoms with Crippen molar-refractivity contribution in [2.24, 2.45) is 10.7 Å². The van der Waals surface area contributed by atoms with Crippen LogP contribution in [0, 0.1) is 5.41 Å². The van der Waals surface area contributed by atoms with Gasteiger partial charge in [0.05, 0.1) is 6.34 Å². The van der Waals surface area contributed by atoms with E-state index in [4.69, 9.17) is 11.1 Å². The molecule has 0 aliphatic rings. The quantitative estimate of drug-likeness (QED) is 0.396. The molecule has 3 N–H and O–H groups in total. The van der Waals surface area contributed by atoms with E-state index < -0.39 is 0 Å². The van der Waals surface area contributed by atoms with E-state index in [1.165, 1.54) is 18.8 Å². The van der Waals surface area contributed by atoms with Gasteiger partial charge in [0, 0.05) is 12.4 Å². The molecule has 0 aromatic rings. The van der Waals surface area contributed by atoms with Gasteiger partial charge in [-0.25, -0.2) is 4.99 Å². The summed E-state index contributed by atoms with van der Waals surface area (Å²) in [5.74, 6) is 0. The number of nitrogens with zero attached hydrogens (tertiary/aromatic N) is 1. The minimum atomic E-state index is 0.784. The highest BCUT2D eigenvalue weighted by Crippen LogP contribution is 1.83. The van der Waals surface area contributed by atoms with Crippen LogP contribution < -0.4 is 5.73 Å². The van der Waals surface area contributed by atoms with Crippen molar-refractivity contribution >= 4 is 12.6 Å². The van der Waals surface area contributed by atoms with Crippen LogP contribution in [0.4, 0.5) is 0 Å². The van der Waals surface area contributed by atoms with Crippen LogP contribution in [0.15, 0.2) is 16.8 Å². The fraction of sp³-hybridized carbons (Fsp3) is 0.200. The van der Waals surface area contributed by atoms with E-state index in [1.54, 1.807) is 6.92 Å². The molecule has 0 atom stereocenters. The predicted octanol–water partition coefficient (Wildman–Crippen LogP) is 0.527. The molecule has 0 aliphatic heterocycles. The SMILES string of the molecule is C/C(C=N)=C/N=C/N. The molecule has 0 bridgehead atoms. The van der Waals surface area contributed by atoms with Crippen molar-refractivity contribution in [3.63, 3.8) is 0 Å². The molecule has 3 heteroatoms. The van der Waals surface area contributed by atoms with Gasteiger partial charge in [0.25, 0.3) is 0 Å². The predicted molar refractivity (Wildman–Crippen MR) is 35.2 cm³/mol. The maximum atomic E-state index is 6.68. The minimum Gasteiger partial charge on any atom is -0.390 e. The second kappa shape index (κ2) is 4.05. The molecular formula is C5H9N3. The number of hydrogen-bond donors (Lipinski definition) is 2. The molecule has 0 spiro atoms. The lowest BCUT2D eigenvalue weighted by Gasteiger charge is -1.79. The first-order valence-electron chi connectivity index (χ1n) is 2.22. The van der Waals surface area contributed by atoms with Crippen molar-refractivity contribution in [3.05, 3.63) is 11.8 Å². The largest absolute Gasteiger partial charge is 0.390 e. The Morgan fingerprint density at radius 1 is 1.75 bits per heavy atom. The average Bonchev–Trinajstić information content (AvgIpc) is 1.83. The molecular weight excluding hydrogens is 102 g/mol. The number of rotatable bonds is 2. The Bertz CT molecular complexity index is 124. The Labute approximate surface area is 48.4 Å². The molecule has 0 fully saturated rings. The van der Waals surface area contributed by atoms with Gasteiger partial charge in [0.1, 0.15) is 0 Å². The van der Waals surface area contributed by atoms with Crippen LogP contribution in [-0.2, 0) is 0 Å². The third-order valence-corrected chi connectivity index (χ3v) is 0.592. The summed E-state index contributed by atoms with van der Waals surface area (Å²) < 4.78 is 0. The van der Waals surface area contributed by atoms with Gasteiger partial charge in [0.2, 0.25) is 0 Å². The Hall–Kier alpha value is -1.12. The molecule has 0 saturated heterocycles. The molecule has 0 saturated carbocycles. The second-order valence-electron chi connectivity index (χ2n) is 1.32. The summed E-state index contributed by atoms with van der Waals surface area (Å²) >= 11 is 0.